The largest absolute Gasteiger partial charge is 0.299 e. The normalized spacial score (nSPS) is 14.9. The van der Waals surface area contributed by atoms with Crippen molar-refractivity contribution in [3.05, 3.63) is 51.7 Å². The summed E-state index contributed by atoms with van der Waals surface area (Å²) in [5, 5.41) is 13.8. The van der Waals surface area contributed by atoms with Crippen molar-refractivity contribution >= 4 is 35.2 Å². The molecule has 1 fully saturated rings. The van der Waals surface area contributed by atoms with Crippen molar-refractivity contribution in [3.63, 3.8) is 0 Å². The molecule has 1 aliphatic carbocycles. The average Bonchev–Trinajstić information content (AvgIpc) is 3.39. The highest BCUT2D eigenvalue weighted by atomic mass is 32.2. The molecule has 31 heavy (non-hydrogen) atoms. The second-order valence-corrected chi connectivity index (χ2v) is 10.1. The minimum atomic E-state index is -0.149. The van der Waals surface area contributed by atoms with Crippen molar-refractivity contribution in [2.24, 2.45) is 5.10 Å². The molecule has 0 aliphatic heterocycles. The first-order valence-electron chi connectivity index (χ1n) is 10.6. The molecule has 0 spiro atoms. The molecular formula is C23H27N5OS2. The van der Waals surface area contributed by atoms with Gasteiger partial charge in [0.2, 0.25) is 0 Å². The Kier molecular flexibility index (Phi) is 7.19. The molecule has 0 saturated heterocycles. The second kappa shape index (κ2) is 10.2. The Labute approximate surface area is 191 Å². The van der Waals surface area contributed by atoms with E-state index in [9.17, 15) is 4.79 Å². The van der Waals surface area contributed by atoms with E-state index in [1.807, 2.05) is 19.1 Å². The lowest BCUT2D eigenvalue weighted by molar-refractivity contribution is -0.118. The van der Waals surface area contributed by atoms with Gasteiger partial charge < -0.3 is 0 Å². The molecule has 1 amide bonds. The van der Waals surface area contributed by atoms with E-state index in [-0.39, 0.29) is 11.7 Å². The number of aryl methyl sites for hydroxylation is 2. The number of aromatic nitrogens is 3. The van der Waals surface area contributed by atoms with Gasteiger partial charge in [-0.05, 0) is 38.8 Å². The van der Waals surface area contributed by atoms with Crippen LogP contribution in [-0.2, 0) is 4.79 Å². The average molecular weight is 454 g/mol. The number of rotatable bonds is 7. The highest BCUT2D eigenvalue weighted by Crippen LogP contribution is 2.35. The lowest BCUT2D eigenvalue weighted by Gasteiger charge is -2.25. The summed E-state index contributed by atoms with van der Waals surface area (Å²) < 4.78 is 2.25. The maximum absolute atomic E-state index is 12.3. The fourth-order valence-corrected chi connectivity index (χ4v) is 5.34. The third-order valence-electron chi connectivity index (χ3n) is 5.39. The lowest BCUT2D eigenvalue weighted by Crippen LogP contribution is -2.20. The van der Waals surface area contributed by atoms with Crippen LogP contribution in [0.25, 0.3) is 11.4 Å². The minimum absolute atomic E-state index is 0.149. The van der Waals surface area contributed by atoms with Crippen LogP contribution in [0.4, 0.5) is 0 Å². The summed E-state index contributed by atoms with van der Waals surface area (Å²) in [7, 11) is 0. The molecule has 0 atom stereocenters. The summed E-state index contributed by atoms with van der Waals surface area (Å²) in [6.07, 6.45) is 7.66. The van der Waals surface area contributed by atoms with Gasteiger partial charge in [-0.25, -0.2) is 5.43 Å². The predicted octanol–water partition coefficient (Wildman–Crippen LogP) is 5.37. The van der Waals surface area contributed by atoms with Gasteiger partial charge in [0.1, 0.15) is 0 Å². The molecule has 1 aromatic carbocycles. The molecule has 1 N–H and O–H groups in total. The zero-order valence-corrected chi connectivity index (χ0v) is 19.5. The van der Waals surface area contributed by atoms with Crippen molar-refractivity contribution in [3.8, 4) is 11.4 Å². The van der Waals surface area contributed by atoms with Crippen LogP contribution in [0.5, 0.6) is 0 Å². The maximum Gasteiger partial charge on any atom is 0.250 e. The molecule has 3 aromatic rings. The Balaban J connectivity index is 1.46. The van der Waals surface area contributed by atoms with Crippen LogP contribution >= 0.6 is 23.1 Å². The molecule has 0 bridgehead atoms. The first-order valence-corrected chi connectivity index (χ1v) is 12.4. The molecule has 0 unspecified atom stereocenters. The molecule has 2 aromatic heterocycles. The molecule has 0 radical (unpaired) electrons. The number of amides is 1. The van der Waals surface area contributed by atoms with Crippen LogP contribution in [-0.4, -0.2) is 32.6 Å². The van der Waals surface area contributed by atoms with Crippen LogP contribution in [0.2, 0.25) is 0 Å². The molecule has 6 nitrogen and oxygen atoms in total. The van der Waals surface area contributed by atoms with E-state index in [1.54, 1.807) is 17.6 Å². The molecule has 1 saturated carbocycles. The number of nitrogens with one attached hydrogen (secondary N) is 1. The molecular weight excluding hydrogens is 426 g/mol. The number of carbonyl (C=O) groups is 1. The van der Waals surface area contributed by atoms with Gasteiger partial charge in [0.15, 0.2) is 11.0 Å². The van der Waals surface area contributed by atoms with Crippen LogP contribution < -0.4 is 5.43 Å². The van der Waals surface area contributed by atoms with Gasteiger partial charge >= 0.3 is 0 Å². The monoisotopic (exact) mass is 453 g/mol. The minimum Gasteiger partial charge on any atom is -0.299 e. The van der Waals surface area contributed by atoms with Gasteiger partial charge in [0.05, 0.1) is 12.0 Å². The molecule has 1 aliphatic rings. The lowest BCUT2D eigenvalue weighted by atomic mass is 9.95. The first kappa shape index (κ1) is 21.8. The summed E-state index contributed by atoms with van der Waals surface area (Å²) in [5.41, 5.74) is 4.90. The van der Waals surface area contributed by atoms with Crippen LogP contribution in [0, 0.1) is 13.8 Å². The Morgan fingerprint density at radius 1 is 1.16 bits per heavy atom. The SMILES string of the molecule is Cc1ccc(-c2nnc(SCC(=O)N/N=C/c3ccc(C)s3)n2C2CCCCC2)cc1. The number of hydrogen-bond acceptors (Lipinski definition) is 6. The highest BCUT2D eigenvalue weighted by Gasteiger charge is 2.24. The van der Waals surface area contributed by atoms with E-state index >= 15 is 0 Å². The zero-order chi connectivity index (χ0) is 21.6. The number of carbonyl (C=O) groups excluding carboxylic acids is 1. The number of thiophene rings is 1. The van der Waals surface area contributed by atoms with Gasteiger partial charge in [0, 0.05) is 21.4 Å². The summed E-state index contributed by atoms with van der Waals surface area (Å²) in [4.78, 5) is 14.6. The van der Waals surface area contributed by atoms with Crippen LogP contribution in [0.1, 0.15) is 53.5 Å². The van der Waals surface area contributed by atoms with Gasteiger partial charge in [-0.15, -0.1) is 21.5 Å². The number of thioether (sulfide) groups is 1. The number of hydrazone groups is 1. The molecule has 4 rings (SSSR count). The molecule has 2 heterocycles. The summed E-state index contributed by atoms with van der Waals surface area (Å²) >= 11 is 3.07. The number of nitrogens with zero attached hydrogens (tertiary/aromatic N) is 4. The smallest absolute Gasteiger partial charge is 0.250 e. The third-order valence-corrected chi connectivity index (χ3v) is 7.27. The summed E-state index contributed by atoms with van der Waals surface area (Å²) in [6.45, 7) is 4.13. The summed E-state index contributed by atoms with van der Waals surface area (Å²) in [5.74, 6) is 0.991. The fourth-order valence-electron chi connectivity index (χ4n) is 3.80. The van der Waals surface area contributed by atoms with E-state index in [2.05, 4.69) is 56.5 Å². The topological polar surface area (TPSA) is 72.2 Å². The Morgan fingerprint density at radius 3 is 2.65 bits per heavy atom. The van der Waals surface area contributed by atoms with E-state index in [0.717, 1.165) is 34.3 Å². The van der Waals surface area contributed by atoms with Crippen molar-refractivity contribution in [1.82, 2.24) is 20.2 Å². The van der Waals surface area contributed by atoms with Crippen LogP contribution in [0.15, 0.2) is 46.7 Å². The number of hydrogen-bond donors (Lipinski definition) is 1. The van der Waals surface area contributed by atoms with E-state index in [4.69, 9.17) is 0 Å². The van der Waals surface area contributed by atoms with Gasteiger partial charge in [0.25, 0.3) is 5.91 Å². The quantitative estimate of drug-likeness (QED) is 0.296. The van der Waals surface area contributed by atoms with E-state index in [1.165, 1.54) is 41.5 Å². The van der Waals surface area contributed by atoms with Crippen LogP contribution in [0.3, 0.4) is 0 Å². The second-order valence-electron chi connectivity index (χ2n) is 7.86. The van der Waals surface area contributed by atoms with Crippen molar-refractivity contribution < 1.29 is 4.79 Å². The van der Waals surface area contributed by atoms with Crippen molar-refractivity contribution in [1.29, 1.82) is 0 Å². The summed E-state index contributed by atoms with van der Waals surface area (Å²) in [6, 6.07) is 12.8. The molecule has 162 valence electrons. The van der Waals surface area contributed by atoms with Crippen molar-refractivity contribution in [2.45, 2.75) is 57.1 Å². The van der Waals surface area contributed by atoms with Crippen molar-refractivity contribution in [2.75, 3.05) is 5.75 Å². The van der Waals surface area contributed by atoms with E-state index < -0.39 is 0 Å². The number of benzene rings is 1. The Hall–Kier alpha value is -2.45. The Morgan fingerprint density at radius 2 is 1.94 bits per heavy atom. The van der Waals surface area contributed by atoms with Gasteiger partial charge in [-0.3, -0.25) is 9.36 Å². The van der Waals surface area contributed by atoms with Gasteiger partial charge in [-0.2, -0.15) is 5.10 Å². The van der Waals surface area contributed by atoms with Gasteiger partial charge in [-0.1, -0.05) is 60.9 Å². The highest BCUT2D eigenvalue weighted by molar-refractivity contribution is 7.99. The predicted molar refractivity (Wildman–Crippen MR) is 128 cm³/mol. The van der Waals surface area contributed by atoms with E-state index in [0.29, 0.717) is 6.04 Å². The first-order chi connectivity index (χ1) is 15.1. The standard InChI is InChI=1S/C23H27N5OS2/c1-16-8-11-18(12-9-16)22-26-27-23(28(22)19-6-4-3-5-7-19)30-15-21(29)25-24-14-20-13-10-17(2)31-20/h8-14,19H,3-7,15H2,1-2H3,(H,25,29)/b24-14+. The fraction of sp³-hybridized carbons (Fsp3) is 0.391. The third kappa shape index (κ3) is 5.62. The maximum atomic E-state index is 12.3. The Bertz CT molecular complexity index is 1050. The zero-order valence-electron chi connectivity index (χ0n) is 17.9. The molecule has 8 heteroatoms.